The van der Waals surface area contributed by atoms with Gasteiger partial charge in [0.1, 0.15) is 36.7 Å². The molecule has 2 aliphatic rings. The zero-order valence-electron chi connectivity index (χ0n) is 31.3. The molecule has 0 bridgehead atoms. The number of likely N-dealkylation sites (N-methyl/N-ethyl adjacent to an activating group) is 1. The molecule has 2 N–H and O–H groups in total. The Hall–Kier alpha value is -4.72. The van der Waals surface area contributed by atoms with Crippen molar-refractivity contribution in [2.45, 2.75) is 104 Å². The molecule has 0 aromatic heterocycles. The molecule has 5 amide bonds. The number of carbonyl (C=O) groups excluding carboxylic acids is 5. The molecule has 284 valence electrons. The number of fused-ring (bicyclic) bond motifs is 1. The monoisotopic (exact) mass is 725 g/mol. The van der Waals surface area contributed by atoms with Gasteiger partial charge in [0.2, 0.25) is 17.7 Å². The van der Waals surface area contributed by atoms with E-state index in [1.54, 1.807) is 49.6 Å². The zero-order chi connectivity index (χ0) is 38.4. The van der Waals surface area contributed by atoms with Crippen molar-refractivity contribution in [2.75, 3.05) is 26.7 Å². The molecule has 5 atom stereocenters. The molecule has 13 nitrogen and oxygen atoms in total. The van der Waals surface area contributed by atoms with Crippen LogP contribution in [0.5, 0.6) is 0 Å². The fourth-order valence-electron chi connectivity index (χ4n) is 6.30. The average Bonchev–Trinajstić information content (AvgIpc) is 3.67. The van der Waals surface area contributed by atoms with Crippen LogP contribution >= 0.6 is 0 Å². The van der Waals surface area contributed by atoms with Crippen molar-refractivity contribution in [3.05, 3.63) is 71.5 Å². The van der Waals surface area contributed by atoms with E-state index in [1.807, 2.05) is 51.1 Å². The second-order valence-electron chi connectivity index (χ2n) is 15.4. The minimum atomic E-state index is -0.994. The Morgan fingerprint density at radius 1 is 0.923 bits per heavy atom. The van der Waals surface area contributed by atoms with Crippen LogP contribution in [0.15, 0.2) is 54.6 Å². The molecule has 2 aromatic rings. The van der Waals surface area contributed by atoms with Gasteiger partial charge in [0, 0.05) is 20.1 Å². The molecule has 52 heavy (non-hydrogen) atoms. The molecule has 0 saturated carbocycles. The summed E-state index contributed by atoms with van der Waals surface area (Å²) in [6.45, 7) is 12.5. The Kier molecular flexibility index (Phi) is 12.9. The smallest absolute Gasteiger partial charge is 0.410 e. The van der Waals surface area contributed by atoms with Crippen LogP contribution in [0.1, 0.15) is 66.0 Å². The average molecular weight is 726 g/mol. The van der Waals surface area contributed by atoms with Crippen LogP contribution in [0.25, 0.3) is 0 Å². The standard InChI is InChI=1S/C38H52FN5O8/c1-24(42(8)36(49)51-23-25-12-10-9-11-13-25)33(46)41-32(37(2,3)4)34(47)43-19-18-28-31(43)29(50-22-26-14-16-27(39)17-15-26)21-44(28)30(45)20-40-35(48)52-38(5,6)7/h9-17,24,28-29,31-32H,18-23H2,1-8H3,(H,40,48)(H,41,46)/t24-,28+,29-,31-,32+/m0/s1. The van der Waals surface area contributed by atoms with Gasteiger partial charge < -0.3 is 34.6 Å². The number of benzene rings is 2. The highest BCUT2D eigenvalue weighted by Gasteiger charge is 2.54. The van der Waals surface area contributed by atoms with Crippen LogP contribution in [-0.2, 0) is 41.8 Å². The lowest BCUT2D eigenvalue weighted by molar-refractivity contribution is -0.143. The third-order valence-electron chi connectivity index (χ3n) is 9.19. The number of alkyl carbamates (subject to hydrolysis) is 1. The second-order valence-corrected chi connectivity index (χ2v) is 15.4. The maximum absolute atomic E-state index is 14.5. The largest absolute Gasteiger partial charge is 0.445 e. The lowest BCUT2D eigenvalue weighted by atomic mass is 9.85. The van der Waals surface area contributed by atoms with Crippen LogP contribution in [0, 0.1) is 11.2 Å². The van der Waals surface area contributed by atoms with Gasteiger partial charge in [0.25, 0.3) is 0 Å². The summed E-state index contributed by atoms with van der Waals surface area (Å²) in [5, 5.41) is 5.41. The number of amides is 5. The van der Waals surface area contributed by atoms with Crippen LogP contribution in [0.4, 0.5) is 14.0 Å². The van der Waals surface area contributed by atoms with Gasteiger partial charge in [-0.15, -0.1) is 0 Å². The van der Waals surface area contributed by atoms with Crippen molar-refractivity contribution >= 4 is 29.9 Å². The van der Waals surface area contributed by atoms with Crippen molar-refractivity contribution < 1.29 is 42.6 Å². The molecular weight excluding hydrogens is 673 g/mol. The Labute approximate surface area is 305 Å². The van der Waals surface area contributed by atoms with Gasteiger partial charge in [-0.25, -0.2) is 14.0 Å². The van der Waals surface area contributed by atoms with Gasteiger partial charge in [-0.1, -0.05) is 63.2 Å². The molecule has 2 aromatic carbocycles. The van der Waals surface area contributed by atoms with Crippen LogP contribution in [-0.4, -0.2) is 107 Å². The van der Waals surface area contributed by atoms with Crippen molar-refractivity contribution in [3.63, 3.8) is 0 Å². The Balaban J connectivity index is 1.49. The number of nitrogens with one attached hydrogen (secondary N) is 2. The molecule has 2 saturated heterocycles. The second kappa shape index (κ2) is 16.7. The van der Waals surface area contributed by atoms with Crippen LogP contribution in [0.3, 0.4) is 0 Å². The minimum Gasteiger partial charge on any atom is -0.445 e. The first-order chi connectivity index (χ1) is 24.4. The maximum atomic E-state index is 14.5. The van der Waals surface area contributed by atoms with Gasteiger partial charge in [0.15, 0.2) is 0 Å². The third kappa shape index (κ3) is 10.4. The number of halogens is 1. The number of ether oxygens (including phenoxy) is 3. The molecule has 0 unspecified atom stereocenters. The normalized spacial score (nSPS) is 19.7. The van der Waals surface area contributed by atoms with Crippen molar-refractivity contribution in [1.29, 1.82) is 0 Å². The van der Waals surface area contributed by atoms with E-state index in [2.05, 4.69) is 10.6 Å². The van der Waals surface area contributed by atoms with E-state index in [0.717, 1.165) is 5.56 Å². The first-order valence-electron chi connectivity index (χ1n) is 17.5. The van der Waals surface area contributed by atoms with Gasteiger partial charge in [-0.05, 0) is 62.8 Å². The molecule has 0 spiro atoms. The van der Waals surface area contributed by atoms with E-state index in [9.17, 15) is 28.4 Å². The van der Waals surface area contributed by atoms with Crippen LogP contribution in [0.2, 0.25) is 0 Å². The lowest BCUT2D eigenvalue weighted by Crippen LogP contribution is -2.60. The Morgan fingerprint density at radius 2 is 1.56 bits per heavy atom. The van der Waals surface area contributed by atoms with E-state index in [4.69, 9.17) is 14.2 Å². The molecule has 14 heteroatoms. The molecule has 0 aliphatic carbocycles. The predicted molar refractivity (Wildman–Crippen MR) is 190 cm³/mol. The SMILES string of the molecule is C[C@@H](C(=O)N[C@H](C(=O)N1CC[C@@H]2[C@H]1[C@@H](OCc1ccc(F)cc1)CN2C(=O)CNC(=O)OC(C)(C)C)C(C)(C)C)N(C)C(=O)OCc1ccccc1. The highest BCUT2D eigenvalue weighted by atomic mass is 19.1. The summed E-state index contributed by atoms with van der Waals surface area (Å²) in [6.07, 6.45) is -1.59. The maximum Gasteiger partial charge on any atom is 0.410 e. The van der Waals surface area contributed by atoms with Gasteiger partial charge in [-0.3, -0.25) is 19.3 Å². The molecule has 4 rings (SSSR count). The third-order valence-corrected chi connectivity index (χ3v) is 9.19. The van der Waals surface area contributed by atoms with Crippen molar-refractivity contribution in [2.24, 2.45) is 5.41 Å². The first-order valence-corrected chi connectivity index (χ1v) is 17.5. The number of carbonyl (C=O) groups is 5. The highest BCUT2D eigenvalue weighted by Crippen LogP contribution is 2.36. The summed E-state index contributed by atoms with van der Waals surface area (Å²) >= 11 is 0. The van der Waals surface area contributed by atoms with Crippen LogP contribution < -0.4 is 10.6 Å². The number of rotatable bonds is 11. The van der Waals surface area contributed by atoms with Gasteiger partial charge >= 0.3 is 12.2 Å². The van der Waals surface area contributed by atoms with E-state index < -0.39 is 59.4 Å². The summed E-state index contributed by atoms with van der Waals surface area (Å²) < 4.78 is 30.6. The summed E-state index contributed by atoms with van der Waals surface area (Å²) in [4.78, 5) is 71.1. The number of likely N-dealkylation sites (tertiary alicyclic amines) is 2. The summed E-state index contributed by atoms with van der Waals surface area (Å²) in [7, 11) is 1.46. The zero-order valence-corrected chi connectivity index (χ0v) is 31.3. The Bertz CT molecular complexity index is 1580. The molecule has 2 fully saturated rings. The quantitative estimate of drug-likeness (QED) is 0.350. The lowest BCUT2D eigenvalue weighted by Gasteiger charge is -2.37. The van der Waals surface area contributed by atoms with E-state index in [-0.39, 0.29) is 50.5 Å². The molecule has 2 heterocycles. The minimum absolute atomic E-state index is 0.0416. The Morgan fingerprint density at radius 3 is 2.17 bits per heavy atom. The van der Waals surface area contributed by atoms with Crippen molar-refractivity contribution in [1.82, 2.24) is 25.3 Å². The van der Waals surface area contributed by atoms with Gasteiger partial charge in [0.05, 0.1) is 24.8 Å². The van der Waals surface area contributed by atoms with Gasteiger partial charge in [-0.2, -0.15) is 0 Å². The predicted octanol–water partition coefficient (Wildman–Crippen LogP) is 4.24. The molecule has 0 radical (unpaired) electrons. The number of hydrogen-bond acceptors (Lipinski definition) is 8. The number of nitrogens with zero attached hydrogens (tertiary/aromatic N) is 3. The summed E-state index contributed by atoms with van der Waals surface area (Å²) in [6, 6.07) is 12.1. The summed E-state index contributed by atoms with van der Waals surface area (Å²) in [5.74, 6) is -1.64. The van der Waals surface area contributed by atoms with E-state index in [1.165, 1.54) is 24.1 Å². The summed E-state index contributed by atoms with van der Waals surface area (Å²) in [5.41, 5.74) is 0.0305. The van der Waals surface area contributed by atoms with Crippen molar-refractivity contribution in [3.8, 4) is 0 Å². The molecule has 2 aliphatic heterocycles. The molecular formula is C38H52FN5O8. The first kappa shape index (κ1) is 40.1. The fraction of sp³-hybridized carbons (Fsp3) is 0.553. The van der Waals surface area contributed by atoms with E-state index >= 15 is 0 Å². The van der Waals surface area contributed by atoms with E-state index in [0.29, 0.717) is 12.0 Å². The number of hydrogen-bond donors (Lipinski definition) is 2. The fourth-order valence-corrected chi connectivity index (χ4v) is 6.30. The topological polar surface area (TPSA) is 147 Å². The highest BCUT2D eigenvalue weighted by molar-refractivity contribution is 5.92.